The summed E-state index contributed by atoms with van der Waals surface area (Å²) in [5.41, 5.74) is 10.1. The van der Waals surface area contributed by atoms with E-state index in [4.69, 9.17) is 11.5 Å². The molecule has 0 heterocycles. The highest BCUT2D eigenvalue weighted by Gasteiger charge is 2.29. The summed E-state index contributed by atoms with van der Waals surface area (Å²) in [4.78, 5) is 15.3. The number of carbonyl (C=O) groups excluding carboxylic acids is 1. The number of hydroxylamine groups is 2. The number of hydrogen-bond donors (Lipinski definition) is 3. The minimum absolute atomic E-state index is 0.00441. The molecule has 0 aliphatic carbocycles. The third-order valence-electron chi connectivity index (χ3n) is 1.35. The molecule has 0 amide bonds. The zero-order valence-electron chi connectivity index (χ0n) is 7.30. The Morgan fingerprint density at radius 1 is 1.46 bits per heavy atom. The van der Waals surface area contributed by atoms with Gasteiger partial charge in [0.25, 0.3) is 0 Å². The molecule has 4 N–H and O–H groups in total. The van der Waals surface area contributed by atoms with Crippen molar-refractivity contribution in [3.8, 4) is 0 Å². The molecule has 0 aliphatic heterocycles. The Kier molecular flexibility index (Phi) is 4.85. The van der Waals surface area contributed by atoms with Crippen molar-refractivity contribution in [3.63, 3.8) is 0 Å². The molecule has 0 saturated carbocycles. The van der Waals surface area contributed by atoms with Crippen molar-refractivity contribution in [2.75, 3.05) is 26.7 Å². The fourth-order valence-electron chi connectivity index (χ4n) is 0.657. The molecular weight excluding hydrogens is 198 g/mol. The van der Waals surface area contributed by atoms with Gasteiger partial charge in [-0.15, -0.1) is 0 Å². The lowest BCUT2D eigenvalue weighted by molar-refractivity contribution is -0.966. The first-order chi connectivity index (χ1) is 5.96. The lowest BCUT2D eigenvalue weighted by atomic mass is 10.6. The number of likely N-dealkylation sites (N-methyl/N-ethyl adjacent to an activating group) is 1. The third kappa shape index (κ3) is 3.68. The zero-order chi connectivity index (χ0) is 10.5. The SMILES string of the molecule is C[N+](CCN)(OC(=O)CN)[SH](=O)=O. The number of nitrogens with two attached hydrogens (primary N) is 2. The van der Waals surface area contributed by atoms with Crippen LogP contribution in [0, 0.1) is 0 Å². The third-order valence-corrected chi connectivity index (χ3v) is 2.33. The number of quaternary nitrogens is 1. The van der Waals surface area contributed by atoms with Crippen LogP contribution in [0.15, 0.2) is 0 Å². The summed E-state index contributed by atoms with van der Waals surface area (Å²) in [7, 11) is -1.70. The Labute approximate surface area is 77.9 Å². The summed E-state index contributed by atoms with van der Waals surface area (Å²) in [5, 5.41) is 0. The predicted molar refractivity (Wildman–Crippen MR) is 45.6 cm³/mol. The Bertz CT molecular complexity index is 246. The predicted octanol–water partition coefficient (Wildman–Crippen LogP) is -2.66. The number of carbonyl (C=O) groups is 1. The van der Waals surface area contributed by atoms with Crippen LogP contribution in [-0.4, -0.2) is 45.1 Å². The molecule has 0 saturated heterocycles. The van der Waals surface area contributed by atoms with Gasteiger partial charge in [-0.05, 0) is 4.05 Å². The molecule has 0 aliphatic rings. The van der Waals surface area contributed by atoms with Crippen molar-refractivity contribution < 1.29 is 22.1 Å². The molecule has 0 spiro atoms. The van der Waals surface area contributed by atoms with E-state index in [1.165, 1.54) is 7.05 Å². The molecule has 0 rings (SSSR count). The van der Waals surface area contributed by atoms with Crippen LogP contribution in [0.3, 0.4) is 0 Å². The van der Waals surface area contributed by atoms with Gasteiger partial charge in [-0.2, -0.15) is 8.42 Å². The summed E-state index contributed by atoms with van der Waals surface area (Å²) >= 11 is 0. The van der Waals surface area contributed by atoms with Crippen molar-refractivity contribution in [2.45, 2.75) is 0 Å². The minimum Gasteiger partial charge on any atom is -0.325 e. The second-order valence-corrected chi connectivity index (χ2v) is 3.79. The second kappa shape index (κ2) is 5.12. The molecule has 0 radical (unpaired) electrons. The Morgan fingerprint density at radius 2 is 2.00 bits per heavy atom. The van der Waals surface area contributed by atoms with Crippen molar-refractivity contribution in [1.82, 2.24) is 0 Å². The molecule has 0 aromatic heterocycles. The first-order valence-corrected chi connectivity index (χ1v) is 4.72. The highest BCUT2D eigenvalue weighted by Crippen LogP contribution is 2.03. The second-order valence-electron chi connectivity index (χ2n) is 2.47. The van der Waals surface area contributed by atoms with E-state index in [9.17, 15) is 13.2 Å². The summed E-state index contributed by atoms with van der Waals surface area (Å²) in [6.45, 7) is -0.260. The van der Waals surface area contributed by atoms with Crippen LogP contribution in [0.4, 0.5) is 0 Å². The smallest absolute Gasteiger partial charge is 0.325 e. The highest BCUT2D eigenvalue weighted by molar-refractivity contribution is 7.66. The van der Waals surface area contributed by atoms with Gasteiger partial charge in [0.15, 0.2) is 0 Å². The summed E-state index contributed by atoms with van der Waals surface area (Å²) in [6.07, 6.45) is 0. The Morgan fingerprint density at radius 3 is 2.31 bits per heavy atom. The van der Waals surface area contributed by atoms with Crippen LogP contribution in [0.25, 0.3) is 0 Å². The van der Waals surface area contributed by atoms with Crippen molar-refractivity contribution >= 4 is 16.9 Å². The summed E-state index contributed by atoms with van der Waals surface area (Å²) < 4.78 is 20.5. The fourth-order valence-corrected chi connectivity index (χ4v) is 1.09. The summed E-state index contributed by atoms with van der Waals surface area (Å²) in [5.74, 6) is -0.782. The maximum Gasteiger partial charge on any atom is 0.381 e. The fraction of sp³-hybridized carbons (Fsp3) is 0.800. The molecule has 13 heavy (non-hydrogen) atoms. The quantitative estimate of drug-likeness (QED) is 0.260. The van der Waals surface area contributed by atoms with E-state index in [1.54, 1.807) is 0 Å². The molecule has 8 heteroatoms. The van der Waals surface area contributed by atoms with E-state index in [1.807, 2.05) is 0 Å². The highest BCUT2D eigenvalue weighted by atomic mass is 32.2. The van der Waals surface area contributed by atoms with E-state index in [2.05, 4.69) is 4.84 Å². The van der Waals surface area contributed by atoms with Gasteiger partial charge in [-0.1, -0.05) is 0 Å². The molecule has 0 aromatic carbocycles. The molecule has 0 aromatic rings. The zero-order valence-corrected chi connectivity index (χ0v) is 8.20. The lowest BCUT2D eigenvalue weighted by Gasteiger charge is -2.22. The number of thiol groups is 1. The van der Waals surface area contributed by atoms with Crippen LogP contribution >= 0.6 is 0 Å². The maximum atomic E-state index is 10.7. The Hall–Kier alpha value is -0.700. The van der Waals surface area contributed by atoms with E-state index in [-0.39, 0.29) is 19.6 Å². The topological polar surface area (TPSA) is 112 Å². The van der Waals surface area contributed by atoms with Gasteiger partial charge in [0, 0.05) is 6.54 Å². The summed E-state index contributed by atoms with van der Waals surface area (Å²) in [6, 6.07) is 0. The first kappa shape index (κ1) is 12.3. The van der Waals surface area contributed by atoms with Crippen molar-refractivity contribution in [3.05, 3.63) is 0 Å². The molecular formula is C5H14N3O4S+. The van der Waals surface area contributed by atoms with Crippen LogP contribution in [-0.2, 0) is 20.5 Å². The van der Waals surface area contributed by atoms with Gasteiger partial charge in [0.05, 0.1) is 6.54 Å². The maximum absolute atomic E-state index is 10.7. The molecule has 0 bridgehead atoms. The molecule has 1 unspecified atom stereocenters. The van der Waals surface area contributed by atoms with Gasteiger partial charge >= 0.3 is 16.9 Å². The van der Waals surface area contributed by atoms with E-state index < -0.39 is 20.9 Å². The van der Waals surface area contributed by atoms with Gasteiger partial charge in [-0.3, -0.25) is 4.84 Å². The van der Waals surface area contributed by atoms with Crippen LogP contribution in [0.5, 0.6) is 0 Å². The number of nitrogens with zero attached hydrogens (tertiary/aromatic N) is 1. The average Bonchev–Trinajstić information content (AvgIpc) is 2.04. The average molecular weight is 212 g/mol. The largest absolute Gasteiger partial charge is 0.381 e. The monoisotopic (exact) mass is 212 g/mol. The van der Waals surface area contributed by atoms with Crippen molar-refractivity contribution in [1.29, 1.82) is 0 Å². The first-order valence-electron chi connectivity index (χ1n) is 3.59. The molecule has 7 nitrogen and oxygen atoms in total. The molecule has 0 fully saturated rings. The molecule has 1 atom stereocenters. The Balaban J connectivity index is 4.50. The van der Waals surface area contributed by atoms with Crippen molar-refractivity contribution in [2.24, 2.45) is 11.5 Å². The van der Waals surface area contributed by atoms with E-state index in [0.29, 0.717) is 0 Å². The van der Waals surface area contributed by atoms with Gasteiger partial charge in [-0.25, -0.2) is 4.79 Å². The normalized spacial score (nSPS) is 15.4. The van der Waals surface area contributed by atoms with Gasteiger partial charge in [0.1, 0.15) is 13.6 Å². The van der Waals surface area contributed by atoms with Crippen LogP contribution in [0.1, 0.15) is 0 Å². The van der Waals surface area contributed by atoms with Gasteiger partial charge in [0.2, 0.25) is 0 Å². The van der Waals surface area contributed by atoms with E-state index >= 15 is 0 Å². The molecule has 78 valence electrons. The lowest BCUT2D eigenvalue weighted by Crippen LogP contribution is -2.48. The van der Waals surface area contributed by atoms with Crippen LogP contribution < -0.4 is 11.5 Å². The minimum atomic E-state index is -2.93. The number of rotatable bonds is 5. The standard InChI is InChI=1S/C5H14N3O4S/c1-8(3-2-6,13(10)11)12-5(9)4-7/h13H,2-4,6-7H2,1H3/q+1. The number of hydrogen-bond acceptors (Lipinski definition) is 6. The van der Waals surface area contributed by atoms with Gasteiger partial charge < -0.3 is 11.5 Å². The van der Waals surface area contributed by atoms with E-state index in [0.717, 1.165) is 0 Å². The van der Waals surface area contributed by atoms with Crippen LogP contribution in [0.2, 0.25) is 0 Å².